The van der Waals surface area contributed by atoms with Gasteiger partial charge in [0, 0.05) is 29.7 Å². The van der Waals surface area contributed by atoms with Crippen LogP contribution in [-0.4, -0.2) is 44.3 Å². The van der Waals surface area contributed by atoms with E-state index in [1.807, 2.05) is 32.0 Å². The first-order valence-electron chi connectivity index (χ1n) is 8.58. The second-order valence-corrected chi connectivity index (χ2v) is 8.92. The van der Waals surface area contributed by atoms with Crippen molar-refractivity contribution in [2.24, 2.45) is 5.73 Å². The third kappa shape index (κ3) is 10.7. The number of nitrogens with one attached hydrogen (secondary N) is 1. The molecule has 2 rings (SSSR count). The fourth-order valence-electron chi connectivity index (χ4n) is 2.34. The molecule has 0 saturated carbocycles. The zero-order chi connectivity index (χ0) is 22.2. The minimum Gasteiger partial charge on any atom is -0.497 e. The molecule has 1 aromatic carbocycles. The van der Waals surface area contributed by atoms with Crippen molar-refractivity contribution in [1.82, 2.24) is 4.98 Å². The first-order valence-corrected chi connectivity index (χ1v) is 11.6. The minimum absolute atomic E-state index is 0.249. The summed E-state index contributed by atoms with van der Waals surface area (Å²) in [6.07, 6.45) is 2.06. The largest absolute Gasteiger partial charge is 0.497 e. The lowest BCUT2D eigenvalue weighted by Gasteiger charge is -2.12. The predicted molar refractivity (Wildman–Crippen MR) is 110 cm³/mol. The second kappa shape index (κ2) is 11.0. The topological polar surface area (TPSA) is 184 Å². The lowest BCUT2D eigenvalue weighted by atomic mass is 10.1. The number of hydrogen-bond acceptors (Lipinski definition) is 7. The van der Waals surface area contributed by atoms with Crippen LogP contribution in [0.2, 0.25) is 0 Å². The van der Waals surface area contributed by atoms with E-state index >= 15 is 0 Å². The number of phosphoric acid groups is 2. The van der Waals surface area contributed by atoms with Gasteiger partial charge in [-0.05, 0) is 38.8 Å². The maximum atomic E-state index is 9.63. The number of benzene rings is 1. The number of methoxy groups -OCH3 is 1. The quantitative estimate of drug-likeness (QED) is 0.255. The van der Waals surface area contributed by atoms with E-state index in [0.717, 1.165) is 47.4 Å². The first kappa shape index (κ1) is 25.5. The van der Waals surface area contributed by atoms with E-state index in [9.17, 15) is 9.13 Å². The maximum Gasteiger partial charge on any atom is 0.478 e. The Morgan fingerprint density at radius 2 is 1.79 bits per heavy atom. The smallest absolute Gasteiger partial charge is 0.478 e. The van der Waals surface area contributed by atoms with Gasteiger partial charge in [0.25, 0.3) is 0 Å². The van der Waals surface area contributed by atoms with Crippen LogP contribution in [0.25, 0.3) is 10.9 Å². The van der Waals surface area contributed by atoms with Crippen molar-refractivity contribution in [1.29, 1.82) is 0 Å². The fraction of sp³-hybridized carbons (Fsp3) is 0.438. The molecule has 7 N–H and O–H groups in total. The summed E-state index contributed by atoms with van der Waals surface area (Å²) in [6, 6.07) is 8.35. The standard InChI is InChI=1S/C16H23N3O.H4O7P2/c1-11(17)5-4-8-18-15-10-14(20-3)9-13-7-6-12(2)19-16(13)15;1-8(2,3)7-9(4,5)6/h6-7,9-11,18H,4-5,8,17H2,1-3H3;(H2,1,2,3)(H2,4,5,6). The molecule has 164 valence electrons. The Morgan fingerprint density at radius 1 is 1.17 bits per heavy atom. The molecule has 1 atom stereocenters. The van der Waals surface area contributed by atoms with E-state index in [4.69, 9.17) is 30.0 Å². The Balaban J connectivity index is 0.000000396. The summed E-state index contributed by atoms with van der Waals surface area (Å²) in [7, 11) is -8.42. The molecule has 0 aliphatic heterocycles. The number of nitrogens with two attached hydrogens (primary N) is 1. The summed E-state index contributed by atoms with van der Waals surface area (Å²) < 4.78 is 27.6. The monoisotopic (exact) mass is 451 g/mol. The van der Waals surface area contributed by atoms with Gasteiger partial charge in [0.05, 0.1) is 18.3 Å². The highest BCUT2D eigenvalue weighted by atomic mass is 31.3. The number of anilines is 1. The molecule has 1 aromatic heterocycles. The molecule has 1 heterocycles. The fourth-order valence-corrected chi connectivity index (χ4v) is 3.45. The molecule has 1 unspecified atom stereocenters. The highest BCUT2D eigenvalue weighted by Crippen LogP contribution is 2.53. The van der Waals surface area contributed by atoms with Crippen molar-refractivity contribution in [3.05, 3.63) is 30.0 Å². The molecular weight excluding hydrogens is 424 g/mol. The van der Waals surface area contributed by atoms with Gasteiger partial charge in [-0.15, -0.1) is 0 Å². The highest BCUT2D eigenvalue weighted by Gasteiger charge is 2.27. The van der Waals surface area contributed by atoms with Crippen LogP contribution in [0.15, 0.2) is 24.3 Å². The van der Waals surface area contributed by atoms with Gasteiger partial charge >= 0.3 is 15.6 Å². The molecular formula is C16H27N3O8P2. The first-order chi connectivity index (χ1) is 13.3. The molecule has 13 heteroatoms. The molecule has 0 bridgehead atoms. The van der Waals surface area contributed by atoms with Gasteiger partial charge in [-0.3, -0.25) is 4.98 Å². The molecule has 2 aromatic rings. The summed E-state index contributed by atoms with van der Waals surface area (Å²) >= 11 is 0. The average molecular weight is 451 g/mol. The molecule has 0 radical (unpaired) electrons. The Morgan fingerprint density at radius 3 is 2.28 bits per heavy atom. The van der Waals surface area contributed by atoms with Crippen LogP contribution in [0.4, 0.5) is 5.69 Å². The van der Waals surface area contributed by atoms with Crippen molar-refractivity contribution >= 4 is 32.2 Å². The Bertz CT molecular complexity index is 877. The number of hydrogen-bond donors (Lipinski definition) is 6. The third-order valence-electron chi connectivity index (χ3n) is 3.51. The molecule has 0 aliphatic carbocycles. The molecule has 0 spiro atoms. The summed E-state index contributed by atoms with van der Waals surface area (Å²) in [5.41, 5.74) is 8.80. The van der Waals surface area contributed by atoms with Gasteiger partial charge in [-0.1, -0.05) is 6.07 Å². The van der Waals surface area contributed by atoms with Crippen LogP contribution < -0.4 is 15.8 Å². The zero-order valence-electron chi connectivity index (χ0n) is 16.3. The maximum absolute atomic E-state index is 9.63. The Hall–Kier alpha value is -1.55. The highest BCUT2D eigenvalue weighted by molar-refractivity contribution is 7.60. The second-order valence-electron chi connectivity index (χ2n) is 6.31. The van der Waals surface area contributed by atoms with Gasteiger partial charge in [0.15, 0.2) is 0 Å². The number of rotatable bonds is 8. The van der Waals surface area contributed by atoms with Gasteiger partial charge in [-0.25, -0.2) is 9.13 Å². The molecule has 0 saturated heterocycles. The number of fused-ring (bicyclic) bond motifs is 1. The summed E-state index contributed by atoms with van der Waals surface area (Å²) in [5.74, 6) is 0.845. The molecule has 0 fully saturated rings. The van der Waals surface area contributed by atoms with Crippen molar-refractivity contribution in [3.8, 4) is 5.75 Å². The van der Waals surface area contributed by atoms with E-state index in [1.54, 1.807) is 7.11 Å². The van der Waals surface area contributed by atoms with E-state index < -0.39 is 15.6 Å². The van der Waals surface area contributed by atoms with Crippen LogP contribution in [0, 0.1) is 6.92 Å². The van der Waals surface area contributed by atoms with Crippen LogP contribution in [0.1, 0.15) is 25.5 Å². The van der Waals surface area contributed by atoms with Gasteiger partial charge in [0.2, 0.25) is 0 Å². The number of nitrogens with zero attached hydrogens (tertiary/aromatic N) is 1. The lowest BCUT2D eigenvalue weighted by molar-refractivity contribution is 0.225. The Kier molecular flexibility index (Phi) is 9.67. The molecule has 29 heavy (non-hydrogen) atoms. The number of aryl methyl sites for hydroxylation is 1. The van der Waals surface area contributed by atoms with Crippen molar-refractivity contribution in [2.75, 3.05) is 19.0 Å². The third-order valence-corrected chi connectivity index (χ3v) is 5.21. The SMILES string of the molecule is COc1cc(NCCCC(C)N)c2nc(C)ccc2c1.O=P(O)(O)OP(=O)(O)O. The lowest BCUT2D eigenvalue weighted by Crippen LogP contribution is -2.16. The average Bonchev–Trinajstić information content (AvgIpc) is 2.55. The number of ether oxygens (including phenoxy) is 1. The van der Waals surface area contributed by atoms with E-state index in [0.29, 0.717) is 0 Å². The summed E-state index contributed by atoms with van der Waals surface area (Å²) in [6.45, 7) is 4.93. The van der Waals surface area contributed by atoms with Crippen molar-refractivity contribution in [2.45, 2.75) is 32.7 Å². The van der Waals surface area contributed by atoms with E-state index in [-0.39, 0.29) is 6.04 Å². The number of aromatic nitrogens is 1. The summed E-state index contributed by atoms with van der Waals surface area (Å²) in [5, 5.41) is 4.53. The van der Waals surface area contributed by atoms with Crippen molar-refractivity contribution < 1.29 is 37.8 Å². The molecule has 0 aliphatic rings. The van der Waals surface area contributed by atoms with Crippen LogP contribution in [0.3, 0.4) is 0 Å². The van der Waals surface area contributed by atoms with Crippen molar-refractivity contribution in [3.63, 3.8) is 0 Å². The normalized spacial score (nSPS) is 12.8. The van der Waals surface area contributed by atoms with Crippen LogP contribution in [-0.2, 0) is 13.4 Å². The predicted octanol–water partition coefficient (Wildman–Crippen LogP) is 2.28. The van der Waals surface area contributed by atoms with E-state index in [2.05, 4.69) is 20.7 Å². The molecule has 11 nitrogen and oxygen atoms in total. The van der Waals surface area contributed by atoms with Crippen LogP contribution in [0.5, 0.6) is 5.75 Å². The van der Waals surface area contributed by atoms with Crippen LogP contribution >= 0.6 is 15.6 Å². The van der Waals surface area contributed by atoms with Gasteiger partial charge in [-0.2, -0.15) is 4.31 Å². The summed E-state index contributed by atoms with van der Waals surface area (Å²) in [4.78, 5) is 35.6. The number of pyridine rings is 1. The van der Waals surface area contributed by atoms with Gasteiger partial charge < -0.3 is 35.4 Å². The van der Waals surface area contributed by atoms with E-state index in [1.165, 1.54) is 0 Å². The Labute approximate surface area is 168 Å². The van der Waals surface area contributed by atoms with Gasteiger partial charge in [0.1, 0.15) is 5.75 Å². The zero-order valence-corrected chi connectivity index (χ0v) is 18.1. The minimum atomic E-state index is -5.05. The molecule has 0 amide bonds.